The molecule has 0 radical (unpaired) electrons. The minimum absolute atomic E-state index is 0.171. The molecule has 0 spiro atoms. The van der Waals surface area contributed by atoms with Crippen molar-refractivity contribution in [2.24, 2.45) is 5.73 Å². The molecule has 0 aliphatic rings. The van der Waals surface area contributed by atoms with Crippen molar-refractivity contribution in [1.82, 2.24) is 15.2 Å². The van der Waals surface area contributed by atoms with Crippen LogP contribution in [-0.4, -0.2) is 74.0 Å². The number of hydrogen-bond acceptors (Lipinski definition) is 9. The molecule has 0 aliphatic carbocycles. The van der Waals surface area contributed by atoms with Crippen molar-refractivity contribution in [3.05, 3.63) is 81.7 Å². The number of carbonyl (C=O) groups is 1. The molecule has 4 rings (SSSR count). The number of rotatable bonds is 8. The fourth-order valence-corrected chi connectivity index (χ4v) is 3.88. The van der Waals surface area contributed by atoms with Crippen molar-refractivity contribution >= 4 is 39.9 Å². The fourth-order valence-electron chi connectivity index (χ4n) is 3.38. The lowest BCUT2D eigenvalue weighted by atomic mass is 9.99. The number of carboxylic acids is 1. The molecule has 0 saturated heterocycles. The number of fused-ring (bicyclic) bond motifs is 1. The number of aliphatic hydroxyl groups is 3. The van der Waals surface area contributed by atoms with Gasteiger partial charge >= 0.3 is 5.97 Å². The summed E-state index contributed by atoms with van der Waals surface area (Å²) >= 11 is 12.6. The SMILES string of the molecule is COc1ccc2c(Cc3c(Cl)cncc3Cl)nnc(-c3cccc(C(=O)O)c3)c2c1.NC(CO)(CO)CO. The first-order valence-corrected chi connectivity index (χ1v) is 12.0. The topological polar surface area (TPSA) is 172 Å². The zero-order valence-corrected chi connectivity index (χ0v) is 21.8. The lowest BCUT2D eigenvalue weighted by Gasteiger charge is -2.20. The summed E-state index contributed by atoms with van der Waals surface area (Å²) in [6, 6.07) is 12.2. The number of ether oxygens (including phenoxy) is 1. The Bertz CT molecular complexity index is 1400. The molecule has 0 bridgehead atoms. The lowest BCUT2D eigenvalue weighted by molar-refractivity contribution is 0.0692. The third-order valence-electron chi connectivity index (χ3n) is 5.69. The second kappa shape index (κ2) is 12.9. The molecule has 200 valence electrons. The molecule has 12 heteroatoms. The van der Waals surface area contributed by atoms with Crippen LogP contribution in [0.15, 0.2) is 54.9 Å². The summed E-state index contributed by atoms with van der Waals surface area (Å²) in [4.78, 5) is 15.4. The van der Waals surface area contributed by atoms with Gasteiger partial charge in [0.25, 0.3) is 0 Å². The van der Waals surface area contributed by atoms with Crippen LogP contribution >= 0.6 is 23.2 Å². The van der Waals surface area contributed by atoms with Gasteiger partial charge < -0.3 is 30.9 Å². The summed E-state index contributed by atoms with van der Waals surface area (Å²) in [5.41, 5.74) is 6.70. The average Bonchev–Trinajstić information content (AvgIpc) is 2.94. The third kappa shape index (κ3) is 6.73. The number of halogens is 2. The Hall–Kier alpha value is -3.38. The van der Waals surface area contributed by atoms with Crippen LogP contribution in [0.1, 0.15) is 21.6 Å². The summed E-state index contributed by atoms with van der Waals surface area (Å²) in [6.07, 6.45) is 3.44. The number of aromatic nitrogens is 3. The summed E-state index contributed by atoms with van der Waals surface area (Å²) < 4.78 is 5.38. The normalized spacial score (nSPS) is 11.1. The molecule has 0 aliphatic heterocycles. The molecule has 0 atom stereocenters. The largest absolute Gasteiger partial charge is 0.497 e. The number of aromatic carboxylic acids is 1. The van der Waals surface area contributed by atoms with E-state index in [0.717, 1.165) is 10.8 Å². The van der Waals surface area contributed by atoms with E-state index < -0.39 is 31.3 Å². The van der Waals surface area contributed by atoms with Crippen molar-refractivity contribution in [3.8, 4) is 17.0 Å². The van der Waals surface area contributed by atoms with E-state index in [4.69, 9.17) is 49.0 Å². The molecule has 0 saturated carbocycles. The highest BCUT2D eigenvalue weighted by molar-refractivity contribution is 6.35. The molecule has 2 heterocycles. The minimum atomic E-state index is -1.21. The summed E-state index contributed by atoms with van der Waals surface area (Å²) in [6.45, 7) is -1.21. The lowest BCUT2D eigenvalue weighted by Crippen LogP contribution is -2.50. The van der Waals surface area contributed by atoms with Gasteiger partial charge in [0.05, 0.1) is 53.8 Å². The average molecular weight is 561 g/mol. The summed E-state index contributed by atoms with van der Waals surface area (Å²) in [5.74, 6) is -0.359. The first-order valence-electron chi connectivity index (χ1n) is 11.2. The van der Waals surface area contributed by atoms with Crippen LogP contribution in [0.4, 0.5) is 0 Å². The second-order valence-electron chi connectivity index (χ2n) is 8.39. The highest BCUT2D eigenvalue weighted by Crippen LogP contribution is 2.33. The first kappa shape index (κ1) is 29.2. The summed E-state index contributed by atoms with van der Waals surface area (Å²) in [5, 5.41) is 45.7. The number of benzene rings is 2. The number of methoxy groups -OCH3 is 1. The van der Waals surface area contributed by atoms with E-state index in [1.807, 2.05) is 18.2 Å². The van der Waals surface area contributed by atoms with Crippen LogP contribution in [0, 0.1) is 0 Å². The molecule has 4 aromatic rings. The van der Waals surface area contributed by atoms with Crippen molar-refractivity contribution in [2.75, 3.05) is 26.9 Å². The molecule has 0 fully saturated rings. The van der Waals surface area contributed by atoms with E-state index in [9.17, 15) is 9.90 Å². The van der Waals surface area contributed by atoms with Gasteiger partial charge in [-0.1, -0.05) is 35.3 Å². The quantitative estimate of drug-likeness (QED) is 0.215. The number of hydrogen-bond donors (Lipinski definition) is 5. The molecule has 0 amide bonds. The number of carboxylic acid groups (broad SMARTS) is 1. The van der Waals surface area contributed by atoms with Crippen LogP contribution in [-0.2, 0) is 6.42 Å². The maximum atomic E-state index is 11.4. The Kier molecular flexibility index (Phi) is 9.92. The molecular weight excluding hydrogens is 535 g/mol. The monoisotopic (exact) mass is 560 g/mol. The molecular formula is C26H26Cl2N4O6. The van der Waals surface area contributed by atoms with E-state index in [0.29, 0.717) is 44.7 Å². The van der Waals surface area contributed by atoms with Crippen molar-refractivity contribution in [3.63, 3.8) is 0 Å². The maximum absolute atomic E-state index is 11.4. The maximum Gasteiger partial charge on any atom is 0.335 e. The van der Waals surface area contributed by atoms with E-state index >= 15 is 0 Å². The van der Waals surface area contributed by atoms with E-state index in [-0.39, 0.29) is 5.56 Å². The Morgan fingerprint density at radius 3 is 2.18 bits per heavy atom. The number of nitrogens with zero attached hydrogens (tertiary/aromatic N) is 3. The second-order valence-corrected chi connectivity index (χ2v) is 9.20. The zero-order valence-electron chi connectivity index (χ0n) is 20.3. The van der Waals surface area contributed by atoms with Gasteiger partial charge in [0.15, 0.2) is 0 Å². The first-order chi connectivity index (χ1) is 18.2. The molecule has 38 heavy (non-hydrogen) atoms. The Balaban J connectivity index is 0.000000436. The molecule has 0 unspecified atom stereocenters. The van der Waals surface area contributed by atoms with E-state index in [1.54, 1.807) is 25.3 Å². The van der Waals surface area contributed by atoms with Crippen molar-refractivity contribution in [2.45, 2.75) is 12.0 Å². The predicted octanol–water partition coefficient (Wildman–Crippen LogP) is 2.96. The predicted molar refractivity (Wildman–Crippen MR) is 144 cm³/mol. The van der Waals surface area contributed by atoms with Crippen LogP contribution in [0.5, 0.6) is 5.75 Å². The van der Waals surface area contributed by atoms with Crippen molar-refractivity contribution < 1.29 is 30.0 Å². The smallest absolute Gasteiger partial charge is 0.335 e. The van der Waals surface area contributed by atoms with Gasteiger partial charge in [0, 0.05) is 35.2 Å². The van der Waals surface area contributed by atoms with Crippen LogP contribution < -0.4 is 10.5 Å². The van der Waals surface area contributed by atoms with Crippen LogP contribution in [0.25, 0.3) is 22.0 Å². The molecule has 10 nitrogen and oxygen atoms in total. The van der Waals surface area contributed by atoms with Crippen LogP contribution in [0.2, 0.25) is 10.0 Å². The Morgan fingerprint density at radius 2 is 1.63 bits per heavy atom. The van der Waals surface area contributed by atoms with Gasteiger partial charge in [0.2, 0.25) is 0 Å². The van der Waals surface area contributed by atoms with Crippen molar-refractivity contribution in [1.29, 1.82) is 0 Å². The Labute approximate surface area is 228 Å². The molecule has 2 aromatic carbocycles. The highest BCUT2D eigenvalue weighted by Gasteiger charge is 2.21. The van der Waals surface area contributed by atoms with Gasteiger partial charge in [-0.2, -0.15) is 5.10 Å². The minimum Gasteiger partial charge on any atom is -0.497 e. The van der Waals surface area contributed by atoms with E-state index in [1.165, 1.54) is 18.5 Å². The third-order valence-corrected chi connectivity index (χ3v) is 6.34. The number of nitrogens with two attached hydrogens (primary N) is 1. The zero-order chi connectivity index (χ0) is 27.9. The fraction of sp³-hybridized carbons (Fsp3) is 0.231. The van der Waals surface area contributed by atoms with Gasteiger partial charge in [-0.05, 0) is 35.9 Å². The standard InChI is InChI=1S/C22H15Cl2N3O3.C4H11NO3/c1-30-14-5-6-15-16(8-14)21(12-3-2-4-13(7-12)22(28)29)27-26-20(15)9-17-18(23)10-25-11-19(17)24;5-4(1-6,2-7)3-8/h2-8,10-11H,9H2,1H3,(H,28,29);6-8H,1-3,5H2. The Morgan fingerprint density at radius 1 is 0.974 bits per heavy atom. The van der Waals surface area contributed by atoms with Gasteiger partial charge in [-0.25, -0.2) is 4.79 Å². The van der Waals surface area contributed by atoms with E-state index in [2.05, 4.69) is 15.2 Å². The van der Waals surface area contributed by atoms with Gasteiger partial charge in [-0.15, -0.1) is 5.10 Å². The summed E-state index contributed by atoms with van der Waals surface area (Å²) in [7, 11) is 1.58. The number of pyridine rings is 1. The van der Waals surface area contributed by atoms with Gasteiger partial charge in [-0.3, -0.25) is 4.98 Å². The molecule has 2 aromatic heterocycles. The van der Waals surface area contributed by atoms with Crippen LogP contribution in [0.3, 0.4) is 0 Å². The number of aliphatic hydroxyl groups excluding tert-OH is 3. The highest BCUT2D eigenvalue weighted by atomic mass is 35.5. The molecule has 6 N–H and O–H groups in total. The van der Waals surface area contributed by atoms with Gasteiger partial charge in [0.1, 0.15) is 11.4 Å².